The number of ether oxygens (including phenoxy) is 3. The van der Waals surface area contributed by atoms with Crippen LogP contribution in [0.5, 0.6) is 5.75 Å². The monoisotopic (exact) mass is 661 g/mol. The Morgan fingerprint density at radius 1 is 1.11 bits per heavy atom. The average Bonchev–Trinajstić information content (AvgIpc) is 3.24. The maximum Gasteiger partial charge on any atom is 0.459 e. The molecule has 6 atom stereocenters. The topological polar surface area (TPSA) is 188 Å². The third-order valence-corrected chi connectivity index (χ3v) is 8.74. The van der Waals surface area contributed by atoms with Gasteiger partial charge in [0.2, 0.25) is 0 Å². The summed E-state index contributed by atoms with van der Waals surface area (Å²) in [6, 6.07) is 17.1. The number of aliphatic hydroxyl groups excluding tert-OH is 1. The lowest BCUT2D eigenvalue weighted by Crippen LogP contribution is -2.47. The molecule has 2 aromatic carbocycles. The number of aromatic amines is 1. The second-order valence-corrected chi connectivity index (χ2v) is 13.1. The van der Waals surface area contributed by atoms with Gasteiger partial charge in [-0.1, -0.05) is 62.4 Å². The summed E-state index contributed by atoms with van der Waals surface area (Å²) >= 11 is 0. The molecule has 250 valence electrons. The van der Waals surface area contributed by atoms with Crippen LogP contribution in [0.25, 0.3) is 0 Å². The lowest BCUT2D eigenvalue weighted by atomic mass is 9.96. The normalized spacial score (nSPS) is 23.1. The van der Waals surface area contributed by atoms with Crippen molar-refractivity contribution in [2.45, 2.75) is 63.9 Å². The minimum Gasteiger partial charge on any atom is -0.464 e. The highest BCUT2D eigenvalue weighted by molar-refractivity contribution is 7.52. The summed E-state index contributed by atoms with van der Waals surface area (Å²) in [6.07, 6.45) is -2.66. The first-order valence-corrected chi connectivity index (χ1v) is 16.3. The van der Waals surface area contributed by atoms with Crippen LogP contribution in [0.4, 0.5) is 0 Å². The molecule has 46 heavy (non-hydrogen) atoms. The number of aliphatic hydroxyl groups is 2. The molecule has 1 aliphatic heterocycles. The van der Waals surface area contributed by atoms with Crippen molar-refractivity contribution in [1.82, 2.24) is 14.6 Å². The molecule has 0 radical (unpaired) electrons. The fraction of sp³-hybridized carbons (Fsp3) is 0.452. The van der Waals surface area contributed by atoms with Crippen LogP contribution >= 0.6 is 7.75 Å². The third-order valence-electron chi connectivity index (χ3n) is 7.17. The summed E-state index contributed by atoms with van der Waals surface area (Å²) < 4.78 is 43.7. The van der Waals surface area contributed by atoms with Gasteiger partial charge in [0.15, 0.2) is 6.23 Å². The van der Waals surface area contributed by atoms with Gasteiger partial charge in [-0.15, -0.1) is 0 Å². The van der Waals surface area contributed by atoms with E-state index < -0.39 is 61.7 Å². The molecule has 0 bridgehead atoms. The van der Waals surface area contributed by atoms with Crippen LogP contribution < -0.4 is 20.9 Å². The highest BCUT2D eigenvalue weighted by Gasteiger charge is 2.54. The fourth-order valence-corrected chi connectivity index (χ4v) is 6.07. The minimum absolute atomic E-state index is 0.126. The van der Waals surface area contributed by atoms with Crippen molar-refractivity contribution in [2.75, 3.05) is 19.8 Å². The van der Waals surface area contributed by atoms with Gasteiger partial charge < -0.3 is 28.9 Å². The lowest BCUT2D eigenvalue weighted by Gasteiger charge is -2.27. The van der Waals surface area contributed by atoms with E-state index in [1.165, 1.54) is 19.1 Å². The molecule has 3 aromatic rings. The van der Waals surface area contributed by atoms with Gasteiger partial charge in [0, 0.05) is 12.3 Å². The number of carbonyl (C=O) groups excluding carboxylic acids is 1. The SMILES string of the molecule is CC(C)CCOC(=O)[C@H](COCc1ccccc1)NP(=O)(OC[C@H]1O[C@@H](n2ccc(=O)[nH]c2=O)[C@](C)(O)[C@@H]1O)Oc1ccccc1. The molecule has 1 aromatic heterocycles. The van der Waals surface area contributed by atoms with Gasteiger partial charge in [-0.2, -0.15) is 5.09 Å². The van der Waals surface area contributed by atoms with Gasteiger partial charge in [0.1, 0.15) is 29.6 Å². The first kappa shape index (κ1) is 35.2. The Hall–Kier alpha value is -3.62. The minimum atomic E-state index is -4.46. The first-order chi connectivity index (χ1) is 21.9. The molecule has 1 saturated heterocycles. The zero-order valence-electron chi connectivity index (χ0n) is 25.8. The van der Waals surface area contributed by atoms with Crippen molar-refractivity contribution in [3.8, 4) is 5.75 Å². The number of esters is 1. The van der Waals surface area contributed by atoms with Crippen LogP contribution in [0.3, 0.4) is 0 Å². The molecule has 0 saturated carbocycles. The summed E-state index contributed by atoms with van der Waals surface area (Å²) in [7, 11) is -4.46. The smallest absolute Gasteiger partial charge is 0.459 e. The number of hydrogen-bond acceptors (Lipinski definition) is 11. The number of nitrogens with one attached hydrogen (secondary N) is 2. The Morgan fingerprint density at radius 3 is 2.43 bits per heavy atom. The van der Waals surface area contributed by atoms with Crippen LogP contribution in [0.15, 0.2) is 82.5 Å². The Labute approximate surface area is 265 Å². The largest absolute Gasteiger partial charge is 0.464 e. The van der Waals surface area contributed by atoms with E-state index in [2.05, 4.69) is 10.1 Å². The second-order valence-electron chi connectivity index (χ2n) is 11.4. The lowest BCUT2D eigenvalue weighted by molar-refractivity contribution is -0.147. The zero-order chi connectivity index (χ0) is 33.3. The van der Waals surface area contributed by atoms with E-state index in [4.69, 9.17) is 23.3 Å². The van der Waals surface area contributed by atoms with Crippen LogP contribution in [0, 0.1) is 5.92 Å². The molecular weight excluding hydrogens is 621 g/mol. The van der Waals surface area contributed by atoms with Crippen molar-refractivity contribution >= 4 is 13.7 Å². The van der Waals surface area contributed by atoms with E-state index in [-0.39, 0.29) is 31.5 Å². The molecule has 0 aliphatic carbocycles. The van der Waals surface area contributed by atoms with E-state index in [1.807, 2.05) is 44.2 Å². The standard InChI is InChI=1S/C31H40N3O11P/c1-21(2)15-17-42-28(37)24(19-41-18-22-10-6-4-7-11-22)33-46(40,45-23-12-8-5-9-13-23)43-20-25-27(36)31(3,39)29(44-25)34-16-14-26(35)32-30(34)38/h4-14,16,21,24-25,27,29,36,39H,15,17-20H2,1-3H3,(H,33,40)(H,32,35,38)/t24-,25+,27+,29+,31+,46?/m0/s1. The second kappa shape index (κ2) is 15.8. The highest BCUT2D eigenvalue weighted by Crippen LogP contribution is 2.47. The maximum atomic E-state index is 14.3. The van der Waals surface area contributed by atoms with Crippen molar-refractivity contribution in [3.63, 3.8) is 0 Å². The van der Waals surface area contributed by atoms with Crippen LogP contribution in [-0.2, 0) is 34.7 Å². The molecular formula is C31H40N3O11P. The highest BCUT2D eigenvalue weighted by atomic mass is 31.2. The van der Waals surface area contributed by atoms with E-state index >= 15 is 0 Å². The molecule has 14 nitrogen and oxygen atoms in total. The van der Waals surface area contributed by atoms with Gasteiger partial charge in [0.25, 0.3) is 5.56 Å². The van der Waals surface area contributed by atoms with Crippen molar-refractivity contribution in [1.29, 1.82) is 0 Å². The summed E-state index contributed by atoms with van der Waals surface area (Å²) in [5, 5.41) is 24.6. The number of nitrogens with zero attached hydrogens (tertiary/aromatic N) is 1. The van der Waals surface area contributed by atoms with Crippen molar-refractivity contribution in [3.05, 3.63) is 99.3 Å². The van der Waals surface area contributed by atoms with Crippen LogP contribution in [0.2, 0.25) is 0 Å². The zero-order valence-corrected chi connectivity index (χ0v) is 26.7. The number of benzene rings is 2. The molecule has 0 amide bonds. The van der Waals surface area contributed by atoms with Crippen LogP contribution in [0.1, 0.15) is 39.0 Å². The molecule has 1 fully saturated rings. The molecule has 1 unspecified atom stereocenters. The number of carbonyl (C=O) groups is 1. The van der Waals surface area contributed by atoms with Crippen LogP contribution in [-0.4, -0.2) is 69.4 Å². The van der Waals surface area contributed by atoms with Crippen molar-refractivity contribution < 1.29 is 42.8 Å². The fourth-order valence-electron chi connectivity index (χ4n) is 4.58. The predicted molar refractivity (Wildman–Crippen MR) is 166 cm³/mol. The third kappa shape index (κ3) is 9.46. The van der Waals surface area contributed by atoms with Gasteiger partial charge >= 0.3 is 19.4 Å². The maximum absolute atomic E-state index is 14.3. The summed E-state index contributed by atoms with van der Waals surface area (Å²) in [6.45, 7) is 4.63. The Bertz CT molecular complexity index is 1580. The molecule has 1 aliphatic rings. The Kier molecular flexibility index (Phi) is 12.1. The molecule has 15 heteroatoms. The molecule has 4 N–H and O–H groups in total. The number of hydrogen-bond donors (Lipinski definition) is 4. The quantitative estimate of drug-likeness (QED) is 0.130. The molecule has 0 spiro atoms. The van der Waals surface area contributed by atoms with Crippen molar-refractivity contribution in [2.24, 2.45) is 5.92 Å². The number of H-pyrrole nitrogens is 1. The Morgan fingerprint density at radius 2 is 1.78 bits per heavy atom. The number of rotatable bonds is 16. The van der Waals surface area contributed by atoms with Gasteiger partial charge in [0.05, 0.1) is 26.4 Å². The van der Waals surface area contributed by atoms with E-state index in [1.54, 1.807) is 18.2 Å². The van der Waals surface area contributed by atoms with E-state index in [0.29, 0.717) is 6.42 Å². The first-order valence-electron chi connectivity index (χ1n) is 14.8. The summed E-state index contributed by atoms with van der Waals surface area (Å²) in [5.41, 5.74) is -2.71. The van der Waals surface area contributed by atoms with Gasteiger partial charge in [-0.3, -0.25) is 23.7 Å². The van der Waals surface area contributed by atoms with E-state index in [0.717, 1.165) is 22.4 Å². The van der Waals surface area contributed by atoms with Gasteiger partial charge in [-0.05, 0) is 37.0 Å². The molecule has 2 heterocycles. The predicted octanol–water partition coefficient (Wildman–Crippen LogP) is 2.51. The average molecular weight is 662 g/mol. The number of para-hydroxylation sites is 1. The number of aromatic nitrogens is 2. The van der Waals surface area contributed by atoms with Gasteiger partial charge in [-0.25, -0.2) is 9.36 Å². The Balaban J connectivity index is 1.54. The summed E-state index contributed by atoms with van der Waals surface area (Å²) in [5.74, 6) is -0.324. The summed E-state index contributed by atoms with van der Waals surface area (Å²) in [4.78, 5) is 39.2. The van der Waals surface area contributed by atoms with E-state index in [9.17, 15) is 29.2 Å². The molecule has 4 rings (SSSR count).